The van der Waals surface area contributed by atoms with Gasteiger partial charge in [-0.3, -0.25) is 4.79 Å². The van der Waals surface area contributed by atoms with Crippen molar-refractivity contribution in [2.75, 3.05) is 6.54 Å². The Morgan fingerprint density at radius 1 is 1.38 bits per heavy atom. The molecule has 0 saturated carbocycles. The molecule has 0 fully saturated rings. The molecular formula is C13H22N2O. The average molecular weight is 222 g/mol. The molecule has 3 heteroatoms. The zero-order chi connectivity index (χ0) is 12.3. The van der Waals surface area contributed by atoms with Crippen LogP contribution in [-0.2, 0) is 6.54 Å². The first kappa shape index (κ1) is 13.0. The van der Waals surface area contributed by atoms with Crippen LogP contribution < -0.4 is 10.9 Å². The molecule has 0 aliphatic carbocycles. The van der Waals surface area contributed by atoms with Gasteiger partial charge in [-0.25, -0.2) is 0 Å². The van der Waals surface area contributed by atoms with E-state index in [1.165, 1.54) is 0 Å². The SMILES string of the molecule is CCNCc1c(C)cc(C)n(C(C)C)c1=O. The van der Waals surface area contributed by atoms with Gasteiger partial charge < -0.3 is 9.88 Å². The third-order valence-electron chi connectivity index (χ3n) is 2.83. The van der Waals surface area contributed by atoms with Crippen molar-refractivity contribution < 1.29 is 0 Å². The van der Waals surface area contributed by atoms with E-state index in [0.29, 0.717) is 6.54 Å². The minimum Gasteiger partial charge on any atom is -0.313 e. The number of hydrogen-bond donors (Lipinski definition) is 1. The van der Waals surface area contributed by atoms with Crippen molar-refractivity contribution in [1.29, 1.82) is 0 Å². The topological polar surface area (TPSA) is 34.0 Å². The van der Waals surface area contributed by atoms with Gasteiger partial charge in [-0.1, -0.05) is 6.92 Å². The highest BCUT2D eigenvalue weighted by Gasteiger charge is 2.11. The smallest absolute Gasteiger partial charge is 0.255 e. The quantitative estimate of drug-likeness (QED) is 0.847. The lowest BCUT2D eigenvalue weighted by atomic mass is 10.1. The summed E-state index contributed by atoms with van der Waals surface area (Å²) in [4.78, 5) is 12.3. The van der Waals surface area contributed by atoms with Crippen molar-refractivity contribution in [3.8, 4) is 0 Å². The lowest BCUT2D eigenvalue weighted by Gasteiger charge is -2.17. The van der Waals surface area contributed by atoms with Crippen LogP contribution in [0.5, 0.6) is 0 Å². The van der Waals surface area contributed by atoms with Crippen LogP contribution in [0.15, 0.2) is 10.9 Å². The van der Waals surface area contributed by atoms with Crippen LogP contribution in [0.4, 0.5) is 0 Å². The van der Waals surface area contributed by atoms with Gasteiger partial charge in [-0.15, -0.1) is 0 Å². The highest BCUT2D eigenvalue weighted by Crippen LogP contribution is 2.10. The molecule has 0 amide bonds. The van der Waals surface area contributed by atoms with E-state index in [0.717, 1.165) is 23.4 Å². The van der Waals surface area contributed by atoms with Gasteiger partial charge in [-0.2, -0.15) is 0 Å². The summed E-state index contributed by atoms with van der Waals surface area (Å²) in [5.74, 6) is 0. The number of hydrogen-bond acceptors (Lipinski definition) is 2. The molecule has 1 heterocycles. The van der Waals surface area contributed by atoms with Crippen LogP contribution >= 0.6 is 0 Å². The highest BCUT2D eigenvalue weighted by molar-refractivity contribution is 5.26. The first-order valence-corrected chi connectivity index (χ1v) is 5.91. The van der Waals surface area contributed by atoms with Crippen LogP contribution in [0.3, 0.4) is 0 Å². The fourth-order valence-corrected chi connectivity index (χ4v) is 2.05. The predicted molar refractivity (Wildman–Crippen MR) is 67.9 cm³/mol. The summed E-state index contributed by atoms with van der Waals surface area (Å²) in [6, 6.07) is 2.31. The number of aryl methyl sites for hydroxylation is 2. The van der Waals surface area contributed by atoms with E-state index in [9.17, 15) is 4.79 Å². The zero-order valence-corrected chi connectivity index (χ0v) is 10.9. The van der Waals surface area contributed by atoms with E-state index in [2.05, 4.69) is 11.4 Å². The molecule has 1 rings (SSSR count). The Balaban J connectivity index is 3.28. The Bertz CT molecular complexity index is 419. The first-order valence-electron chi connectivity index (χ1n) is 5.91. The van der Waals surface area contributed by atoms with Crippen molar-refractivity contribution >= 4 is 0 Å². The van der Waals surface area contributed by atoms with Crippen molar-refractivity contribution in [3.63, 3.8) is 0 Å². The van der Waals surface area contributed by atoms with Gasteiger partial charge in [0, 0.05) is 23.8 Å². The lowest BCUT2D eigenvalue weighted by Crippen LogP contribution is -2.30. The Morgan fingerprint density at radius 2 is 2.00 bits per heavy atom. The number of rotatable bonds is 4. The van der Waals surface area contributed by atoms with Crippen LogP contribution in [0.1, 0.15) is 43.6 Å². The summed E-state index contributed by atoms with van der Waals surface area (Å²) in [5.41, 5.74) is 3.16. The van der Waals surface area contributed by atoms with Gasteiger partial charge in [0.2, 0.25) is 0 Å². The summed E-state index contributed by atoms with van der Waals surface area (Å²) in [7, 11) is 0. The minimum atomic E-state index is 0.147. The Labute approximate surface area is 97.5 Å². The summed E-state index contributed by atoms with van der Waals surface area (Å²) in [5, 5.41) is 3.22. The number of nitrogens with one attached hydrogen (secondary N) is 1. The average Bonchev–Trinajstić information content (AvgIpc) is 2.16. The third kappa shape index (κ3) is 2.53. The Kier molecular flexibility index (Phi) is 4.30. The van der Waals surface area contributed by atoms with Crippen molar-refractivity contribution in [2.24, 2.45) is 0 Å². The molecule has 1 N–H and O–H groups in total. The maximum atomic E-state index is 12.3. The Morgan fingerprint density at radius 3 is 2.50 bits per heavy atom. The van der Waals surface area contributed by atoms with E-state index >= 15 is 0 Å². The molecule has 3 nitrogen and oxygen atoms in total. The van der Waals surface area contributed by atoms with Gasteiger partial charge in [0.25, 0.3) is 5.56 Å². The molecule has 1 aromatic rings. The molecular weight excluding hydrogens is 200 g/mol. The molecule has 0 aliphatic rings. The number of aromatic nitrogens is 1. The molecule has 0 saturated heterocycles. The normalized spacial score (nSPS) is 11.1. The predicted octanol–water partition coefficient (Wildman–Crippen LogP) is 2.16. The largest absolute Gasteiger partial charge is 0.313 e. The van der Waals surface area contributed by atoms with E-state index < -0.39 is 0 Å². The zero-order valence-electron chi connectivity index (χ0n) is 10.9. The van der Waals surface area contributed by atoms with Crippen LogP contribution in [0, 0.1) is 13.8 Å². The minimum absolute atomic E-state index is 0.147. The number of pyridine rings is 1. The molecule has 0 radical (unpaired) electrons. The molecule has 0 aliphatic heterocycles. The number of nitrogens with zero attached hydrogens (tertiary/aromatic N) is 1. The van der Waals surface area contributed by atoms with Gasteiger partial charge in [-0.05, 0) is 45.9 Å². The monoisotopic (exact) mass is 222 g/mol. The molecule has 0 aromatic carbocycles. The summed E-state index contributed by atoms with van der Waals surface area (Å²) in [6.45, 7) is 11.7. The van der Waals surface area contributed by atoms with E-state index in [1.807, 2.05) is 39.2 Å². The second-order valence-corrected chi connectivity index (χ2v) is 4.50. The fraction of sp³-hybridized carbons (Fsp3) is 0.615. The van der Waals surface area contributed by atoms with Crippen LogP contribution in [0.25, 0.3) is 0 Å². The Hall–Kier alpha value is -1.09. The summed E-state index contributed by atoms with van der Waals surface area (Å²) >= 11 is 0. The molecule has 0 unspecified atom stereocenters. The maximum Gasteiger partial charge on any atom is 0.255 e. The van der Waals surface area contributed by atoms with E-state index in [4.69, 9.17) is 0 Å². The standard InChI is InChI=1S/C13H22N2O/c1-6-14-8-12-10(4)7-11(5)15(9(2)3)13(12)16/h7,9,14H,6,8H2,1-5H3. The lowest BCUT2D eigenvalue weighted by molar-refractivity contribution is 0.552. The van der Waals surface area contributed by atoms with E-state index in [-0.39, 0.29) is 11.6 Å². The summed E-state index contributed by atoms with van der Waals surface area (Å²) in [6.07, 6.45) is 0. The molecule has 0 bridgehead atoms. The van der Waals surface area contributed by atoms with Gasteiger partial charge in [0.1, 0.15) is 0 Å². The van der Waals surface area contributed by atoms with Crippen LogP contribution in [-0.4, -0.2) is 11.1 Å². The molecule has 90 valence electrons. The van der Waals surface area contributed by atoms with Gasteiger partial charge >= 0.3 is 0 Å². The van der Waals surface area contributed by atoms with Gasteiger partial charge in [0.05, 0.1) is 0 Å². The van der Waals surface area contributed by atoms with Crippen molar-refractivity contribution in [1.82, 2.24) is 9.88 Å². The van der Waals surface area contributed by atoms with Crippen LogP contribution in [0.2, 0.25) is 0 Å². The third-order valence-corrected chi connectivity index (χ3v) is 2.83. The fourth-order valence-electron chi connectivity index (χ4n) is 2.05. The summed E-state index contributed by atoms with van der Waals surface area (Å²) < 4.78 is 1.86. The highest BCUT2D eigenvalue weighted by atomic mass is 16.1. The van der Waals surface area contributed by atoms with Crippen molar-refractivity contribution in [2.45, 2.75) is 47.2 Å². The molecule has 1 aromatic heterocycles. The second kappa shape index (κ2) is 5.30. The van der Waals surface area contributed by atoms with E-state index in [1.54, 1.807) is 0 Å². The molecule has 16 heavy (non-hydrogen) atoms. The van der Waals surface area contributed by atoms with Crippen molar-refractivity contribution in [3.05, 3.63) is 33.2 Å². The second-order valence-electron chi connectivity index (χ2n) is 4.50. The first-order chi connectivity index (χ1) is 7.49. The molecule has 0 spiro atoms. The molecule has 0 atom stereocenters. The van der Waals surface area contributed by atoms with Gasteiger partial charge in [0.15, 0.2) is 0 Å². The maximum absolute atomic E-state index is 12.3.